The molecule has 2 N–H and O–H groups in total. The number of likely N-dealkylation sites (tertiary alicyclic amines) is 1. The van der Waals surface area contributed by atoms with Gasteiger partial charge in [0.25, 0.3) is 0 Å². The Hall–Kier alpha value is -1.11. The monoisotopic (exact) mass is 276 g/mol. The minimum atomic E-state index is -3.53. The van der Waals surface area contributed by atoms with Gasteiger partial charge in [0, 0.05) is 6.54 Å². The van der Waals surface area contributed by atoms with Crippen molar-refractivity contribution in [3.05, 3.63) is 0 Å². The molecule has 1 heterocycles. The van der Waals surface area contributed by atoms with E-state index in [1.165, 1.54) is 4.90 Å². The van der Waals surface area contributed by atoms with E-state index in [0.29, 0.717) is 19.4 Å². The lowest BCUT2D eigenvalue weighted by molar-refractivity contribution is -0.135. The van der Waals surface area contributed by atoms with Gasteiger partial charge in [-0.15, -0.1) is 0 Å². The maximum Gasteiger partial charge on any atom is 0.240 e. The summed E-state index contributed by atoms with van der Waals surface area (Å²) < 4.78 is 22.9. The fraction of sp³-hybridized carbons (Fsp3) is 0.818. The van der Waals surface area contributed by atoms with Crippen molar-refractivity contribution in [1.29, 1.82) is 0 Å². The van der Waals surface area contributed by atoms with Crippen LogP contribution in [-0.2, 0) is 19.4 Å². The lowest BCUT2D eigenvalue weighted by Crippen LogP contribution is -2.47. The largest absolute Gasteiger partial charge is 0.368 e. The Labute approximate surface area is 107 Å². The van der Waals surface area contributed by atoms with Gasteiger partial charge in [0.2, 0.25) is 11.8 Å². The van der Waals surface area contributed by atoms with E-state index in [1.807, 2.05) is 0 Å². The first kappa shape index (κ1) is 14.9. The molecule has 1 aliphatic heterocycles. The Bertz CT molecular complexity index is 450. The molecule has 1 atom stereocenters. The molecule has 1 saturated heterocycles. The van der Waals surface area contributed by atoms with E-state index in [0.717, 1.165) is 0 Å². The van der Waals surface area contributed by atoms with Crippen LogP contribution in [0.3, 0.4) is 0 Å². The molecule has 2 amide bonds. The second-order valence-electron chi connectivity index (χ2n) is 5.52. The second-order valence-corrected chi connectivity index (χ2v) is 8.26. The number of sulfone groups is 1. The van der Waals surface area contributed by atoms with Crippen LogP contribution in [0.5, 0.6) is 0 Å². The molecule has 0 saturated carbocycles. The zero-order valence-electron chi connectivity index (χ0n) is 11.0. The van der Waals surface area contributed by atoms with E-state index >= 15 is 0 Å². The van der Waals surface area contributed by atoms with Crippen LogP contribution in [0.15, 0.2) is 0 Å². The highest BCUT2D eigenvalue weighted by molar-refractivity contribution is 7.93. The average molecular weight is 276 g/mol. The summed E-state index contributed by atoms with van der Waals surface area (Å²) in [6.45, 7) is 5.04. The predicted molar refractivity (Wildman–Crippen MR) is 67.5 cm³/mol. The van der Waals surface area contributed by atoms with E-state index in [2.05, 4.69) is 0 Å². The fourth-order valence-corrected chi connectivity index (χ4v) is 2.75. The van der Waals surface area contributed by atoms with Crippen molar-refractivity contribution in [2.45, 2.75) is 44.4 Å². The summed E-state index contributed by atoms with van der Waals surface area (Å²) in [6, 6.07) is -0.660. The SMILES string of the molecule is CC(C)(C)S(=O)(=O)CC(=O)N1CCC[C@H]1C(N)=O. The number of nitrogens with zero attached hydrogens (tertiary/aromatic N) is 1. The van der Waals surface area contributed by atoms with E-state index in [9.17, 15) is 18.0 Å². The molecule has 0 aromatic heterocycles. The number of nitrogens with two attached hydrogens (primary N) is 1. The molecule has 0 unspecified atom stereocenters. The van der Waals surface area contributed by atoms with Crippen molar-refractivity contribution in [3.63, 3.8) is 0 Å². The van der Waals surface area contributed by atoms with Crippen molar-refractivity contribution in [1.82, 2.24) is 4.90 Å². The number of hydrogen-bond acceptors (Lipinski definition) is 4. The first-order valence-electron chi connectivity index (χ1n) is 5.87. The highest BCUT2D eigenvalue weighted by Crippen LogP contribution is 2.20. The van der Waals surface area contributed by atoms with Crippen molar-refractivity contribution >= 4 is 21.7 Å². The van der Waals surface area contributed by atoms with Crippen LogP contribution in [-0.4, -0.2) is 48.2 Å². The molecule has 0 radical (unpaired) electrons. The van der Waals surface area contributed by atoms with E-state index in [-0.39, 0.29) is 0 Å². The minimum Gasteiger partial charge on any atom is -0.368 e. The topological polar surface area (TPSA) is 97.5 Å². The lowest BCUT2D eigenvalue weighted by Gasteiger charge is -2.25. The Kier molecular flexibility index (Phi) is 4.05. The van der Waals surface area contributed by atoms with Gasteiger partial charge in [0.15, 0.2) is 9.84 Å². The summed E-state index contributed by atoms with van der Waals surface area (Å²) >= 11 is 0. The van der Waals surface area contributed by atoms with Crippen molar-refractivity contribution < 1.29 is 18.0 Å². The normalized spacial score (nSPS) is 21.1. The maximum atomic E-state index is 12.0. The molecule has 104 valence electrons. The lowest BCUT2D eigenvalue weighted by atomic mass is 10.2. The van der Waals surface area contributed by atoms with Crippen LogP contribution in [0.1, 0.15) is 33.6 Å². The van der Waals surface area contributed by atoms with Gasteiger partial charge < -0.3 is 10.6 Å². The van der Waals surface area contributed by atoms with Gasteiger partial charge in [-0.3, -0.25) is 9.59 Å². The zero-order valence-corrected chi connectivity index (χ0v) is 11.8. The Morgan fingerprint density at radius 3 is 2.33 bits per heavy atom. The third-order valence-corrected chi connectivity index (χ3v) is 5.64. The molecule has 0 aromatic carbocycles. The van der Waals surface area contributed by atoms with Gasteiger partial charge in [-0.05, 0) is 33.6 Å². The van der Waals surface area contributed by atoms with Crippen LogP contribution in [0.2, 0.25) is 0 Å². The summed E-state index contributed by atoms with van der Waals surface area (Å²) in [5.41, 5.74) is 5.19. The van der Waals surface area contributed by atoms with Crippen LogP contribution in [0.4, 0.5) is 0 Å². The molecule has 0 aromatic rings. The molecular formula is C11H20N2O4S. The Morgan fingerprint density at radius 1 is 1.33 bits per heavy atom. The van der Waals surface area contributed by atoms with E-state index in [4.69, 9.17) is 5.73 Å². The molecular weight excluding hydrogens is 256 g/mol. The molecule has 0 aliphatic carbocycles. The molecule has 1 fully saturated rings. The first-order valence-corrected chi connectivity index (χ1v) is 7.52. The van der Waals surface area contributed by atoms with Gasteiger partial charge in [-0.25, -0.2) is 8.42 Å². The Balaban J connectivity index is 2.81. The van der Waals surface area contributed by atoms with Crippen molar-refractivity contribution in [3.8, 4) is 0 Å². The number of primary amides is 1. The highest BCUT2D eigenvalue weighted by Gasteiger charge is 2.37. The average Bonchev–Trinajstić information content (AvgIpc) is 2.62. The van der Waals surface area contributed by atoms with E-state index < -0.39 is 38.2 Å². The van der Waals surface area contributed by atoms with Crippen LogP contribution in [0.25, 0.3) is 0 Å². The van der Waals surface area contributed by atoms with Gasteiger partial charge in [-0.2, -0.15) is 0 Å². The number of hydrogen-bond donors (Lipinski definition) is 1. The molecule has 0 bridgehead atoms. The zero-order chi connectivity index (χ0) is 14.1. The molecule has 1 aliphatic rings. The Morgan fingerprint density at radius 2 is 1.89 bits per heavy atom. The fourth-order valence-electron chi connectivity index (χ4n) is 1.82. The number of rotatable bonds is 3. The van der Waals surface area contributed by atoms with Crippen molar-refractivity contribution in [2.24, 2.45) is 5.73 Å². The van der Waals surface area contributed by atoms with Gasteiger partial charge in [0.05, 0.1) is 4.75 Å². The molecule has 6 nitrogen and oxygen atoms in total. The molecule has 0 spiro atoms. The summed E-state index contributed by atoms with van der Waals surface area (Å²) in [4.78, 5) is 24.4. The molecule has 1 rings (SSSR count). The standard InChI is InChI=1S/C11H20N2O4S/c1-11(2,3)18(16,17)7-9(14)13-6-4-5-8(13)10(12)15/h8H,4-7H2,1-3H3,(H2,12,15)/t8-/m0/s1. The highest BCUT2D eigenvalue weighted by atomic mass is 32.2. The quantitative estimate of drug-likeness (QED) is 0.763. The van der Waals surface area contributed by atoms with Crippen molar-refractivity contribution in [2.75, 3.05) is 12.3 Å². The smallest absolute Gasteiger partial charge is 0.240 e. The van der Waals surface area contributed by atoms with Gasteiger partial charge in [-0.1, -0.05) is 0 Å². The third-order valence-electron chi connectivity index (χ3n) is 3.15. The summed E-state index contributed by atoms with van der Waals surface area (Å²) in [6.07, 6.45) is 1.19. The van der Waals surface area contributed by atoms with Crippen LogP contribution in [0, 0.1) is 0 Å². The minimum absolute atomic E-state index is 0.395. The third kappa shape index (κ3) is 3.01. The van der Waals surface area contributed by atoms with Gasteiger partial charge >= 0.3 is 0 Å². The predicted octanol–water partition coefficient (Wildman–Crippen LogP) is -0.324. The second kappa shape index (κ2) is 4.87. The van der Waals surface area contributed by atoms with Crippen LogP contribution >= 0.6 is 0 Å². The summed E-state index contributed by atoms with van der Waals surface area (Å²) in [5.74, 6) is -1.68. The molecule has 7 heteroatoms. The summed E-state index contributed by atoms with van der Waals surface area (Å²) in [7, 11) is -3.53. The summed E-state index contributed by atoms with van der Waals surface area (Å²) in [5, 5.41) is 0. The maximum absolute atomic E-state index is 12.0. The number of carbonyl (C=O) groups is 2. The number of carbonyl (C=O) groups excluding carboxylic acids is 2. The van der Waals surface area contributed by atoms with Gasteiger partial charge in [0.1, 0.15) is 11.8 Å². The molecule has 18 heavy (non-hydrogen) atoms. The van der Waals surface area contributed by atoms with Crippen LogP contribution < -0.4 is 5.73 Å². The number of amides is 2. The first-order chi connectivity index (χ1) is 8.06. The van der Waals surface area contributed by atoms with E-state index in [1.54, 1.807) is 20.8 Å².